The molecule has 2 aromatic carbocycles. The Morgan fingerprint density at radius 3 is 2.18 bits per heavy atom. The van der Waals surface area contributed by atoms with Crippen LogP contribution in [0.4, 0.5) is 5.69 Å². The molecule has 0 unspecified atom stereocenters. The van der Waals surface area contributed by atoms with Gasteiger partial charge in [-0.25, -0.2) is 0 Å². The van der Waals surface area contributed by atoms with Crippen molar-refractivity contribution >= 4 is 11.6 Å². The van der Waals surface area contributed by atoms with Crippen LogP contribution >= 0.6 is 0 Å². The quantitative estimate of drug-likeness (QED) is 0.593. The van der Waals surface area contributed by atoms with Crippen LogP contribution in [0.2, 0.25) is 0 Å². The second kappa shape index (κ2) is 11.2. The molecule has 0 saturated heterocycles. The molecular weight excluding hydrogens is 352 g/mol. The molecule has 0 bridgehead atoms. The SMILES string of the molecule is CC(C)CCOc1ccc(NCC(=O)NCc2ccc(OC(C)C)cc2)cc1. The lowest BCUT2D eigenvalue weighted by molar-refractivity contribution is -0.119. The van der Waals surface area contributed by atoms with Gasteiger partial charge in [0.2, 0.25) is 5.91 Å². The van der Waals surface area contributed by atoms with Gasteiger partial charge in [-0.1, -0.05) is 26.0 Å². The van der Waals surface area contributed by atoms with E-state index in [9.17, 15) is 4.79 Å². The van der Waals surface area contributed by atoms with E-state index < -0.39 is 0 Å². The Hall–Kier alpha value is -2.69. The van der Waals surface area contributed by atoms with Gasteiger partial charge >= 0.3 is 0 Å². The first-order valence-electron chi connectivity index (χ1n) is 9.91. The monoisotopic (exact) mass is 384 g/mol. The maximum absolute atomic E-state index is 12.1. The highest BCUT2D eigenvalue weighted by Crippen LogP contribution is 2.16. The van der Waals surface area contributed by atoms with Gasteiger partial charge < -0.3 is 20.1 Å². The number of anilines is 1. The molecule has 1 amide bonds. The lowest BCUT2D eigenvalue weighted by Crippen LogP contribution is -2.29. The Bertz CT molecular complexity index is 710. The lowest BCUT2D eigenvalue weighted by Gasteiger charge is -2.11. The Morgan fingerprint density at radius 1 is 0.929 bits per heavy atom. The van der Waals surface area contributed by atoms with Crippen molar-refractivity contribution in [1.82, 2.24) is 5.32 Å². The Kier molecular flexibility index (Phi) is 8.66. The third kappa shape index (κ3) is 8.33. The second-order valence-electron chi connectivity index (χ2n) is 7.50. The van der Waals surface area contributed by atoms with Crippen LogP contribution in [-0.4, -0.2) is 25.2 Å². The van der Waals surface area contributed by atoms with Gasteiger partial charge in [-0.3, -0.25) is 4.79 Å². The lowest BCUT2D eigenvalue weighted by atomic mass is 10.1. The number of benzene rings is 2. The minimum atomic E-state index is -0.0558. The maximum Gasteiger partial charge on any atom is 0.239 e. The molecule has 0 saturated carbocycles. The van der Waals surface area contributed by atoms with E-state index in [0.717, 1.165) is 35.8 Å². The molecule has 2 rings (SSSR count). The van der Waals surface area contributed by atoms with Crippen molar-refractivity contribution < 1.29 is 14.3 Å². The summed E-state index contributed by atoms with van der Waals surface area (Å²) in [5, 5.41) is 6.04. The van der Waals surface area contributed by atoms with Gasteiger partial charge in [-0.2, -0.15) is 0 Å². The molecule has 2 N–H and O–H groups in total. The Labute approximate surface area is 168 Å². The molecule has 0 aliphatic carbocycles. The Morgan fingerprint density at radius 2 is 1.57 bits per heavy atom. The van der Waals surface area contributed by atoms with E-state index in [1.165, 1.54) is 0 Å². The Balaban J connectivity index is 1.69. The van der Waals surface area contributed by atoms with E-state index >= 15 is 0 Å². The van der Waals surface area contributed by atoms with Crippen LogP contribution in [0.15, 0.2) is 48.5 Å². The molecule has 0 heterocycles. The van der Waals surface area contributed by atoms with Crippen LogP contribution in [0.1, 0.15) is 39.7 Å². The van der Waals surface area contributed by atoms with E-state index in [0.29, 0.717) is 12.5 Å². The van der Waals surface area contributed by atoms with Crippen LogP contribution in [0, 0.1) is 5.92 Å². The minimum absolute atomic E-state index is 0.0558. The van der Waals surface area contributed by atoms with Crippen LogP contribution in [-0.2, 0) is 11.3 Å². The van der Waals surface area contributed by atoms with Crippen molar-refractivity contribution in [3.63, 3.8) is 0 Å². The van der Waals surface area contributed by atoms with Crippen molar-refractivity contribution in [2.45, 2.75) is 46.8 Å². The van der Waals surface area contributed by atoms with Gasteiger partial charge in [0.15, 0.2) is 0 Å². The van der Waals surface area contributed by atoms with Gasteiger partial charge in [0.25, 0.3) is 0 Å². The molecule has 0 atom stereocenters. The highest BCUT2D eigenvalue weighted by atomic mass is 16.5. The van der Waals surface area contributed by atoms with E-state index in [1.54, 1.807) is 0 Å². The first-order valence-corrected chi connectivity index (χ1v) is 9.91. The predicted octanol–water partition coefficient (Wildman–Crippen LogP) is 4.63. The largest absolute Gasteiger partial charge is 0.494 e. The second-order valence-corrected chi connectivity index (χ2v) is 7.50. The highest BCUT2D eigenvalue weighted by molar-refractivity contribution is 5.80. The number of ether oxygens (including phenoxy) is 2. The minimum Gasteiger partial charge on any atom is -0.494 e. The van der Waals surface area contributed by atoms with Crippen LogP contribution in [0.5, 0.6) is 11.5 Å². The maximum atomic E-state index is 12.1. The number of carbonyl (C=O) groups is 1. The summed E-state index contributed by atoms with van der Waals surface area (Å²) in [5.41, 5.74) is 1.92. The number of carbonyl (C=O) groups excluding carboxylic acids is 1. The molecule has 0 aromatic heterocycles. The normalized spacial score (nSPS) is 10.8. The summed E-state index contributed by atoms with van der Waals surface area (Å²) >= 11 is 0. The van der Waals surface area contributed by atoms with Crippen LogP contribution < -0.4 is 20.1 Å². The molecule has 5 nitrogen and oxygen atoms in total. The fraction of sp³-hybridized carbons (Fsp3) is 0.435. The molecule has 2 aromatic rings. The fourth-order valence-corrected chi connectivity index (χ4v) is 2.49. The third-order valence-corrected chi connectivity index (χ3v) is 4.06. The van der Waals surface area contributed by atoms with Crippen molar-refractivity contribution in [1.29, 1.82) is 0 Å². The summed E-state index contributed by atoms with van der Waals surface area (Å²) in [6, 6.07) is 15.4. The molecule has 0 fully saturated rings. The molecular formula is C23H32N2O3. The van der Waals surface area contributed by atoms with Crippen molar-refractivity contribution in [2.24, 2.45) is 5.92 Å². The number of hydrogen-bond donors (Lipinski definition) is 2. The van der Waals surface area contributed by atoms with Gasteiger partial charge in [0, 0.05) is 12.2 Å². The number of hydrogen-bond acceptors (Lipinski definition) is 4. The topological polar surface area (TPSA) is 59.6 Å². The van der Waals surface area contributed by atoms with Crippen molar-refractivity contribution in [3.05, 3.63) is 54.1 Å². The van der Waals surface area contributed by atoms with Crippen LogP contribution in [0.3, 0.4) is 0 Å². The first kappa shape index (κ1) is 21.6. The molecule has 0 aliphatic rings. The zero-order chi connectivity index (χ0) is 20.4. The van der Waals surface area contributed by atoms with E-state index in [4.69, 9.17) is 9.47 Å². The van der Waals surface area contributed by atoms with Gasteiger partial charge in [-0.15, -0.1) is 0 Å². The standard InChI is InChI=1S/C23H32N2O3/c1-17(2)13-14-27-21-11-7-20(8-12-21)24-16-23(26)25-15-19-5-9-22(10-6-19)28-18(3)4/h5-12,17-18,24H,13-16H2,1-4H3,(H,25,26). The number of amides is 1. The highest BCUT2D eigenvalue weighted by Gasteiger charge is 2.03. The van der Waals surface area contributed by atoms with Gasteiger partial charge in [0.1, 0.15) is 11.5 Å². The van der Waals surface area contributed by atoms with Gasteiger partial charge in [-0.05, 0) is 68.1 Å². The van der Waals surface area contributed by atoms with Crippen LogP contribution in [0.25, 0.3) is 0 Å². The smallest absolute Gasteiger partial charge is 0.239 e. The summed E-state index contributed by atoms with van der Waals surface area (Å²) in [6.07, 6.45) is 1.19. The van der Waals surface area contributed by atoms with Crippen molar-refractivity contribution in [3.8, 4) is 11.5 Å². The average Bonchev–Trinajstić information content (AvgIpc) is 2.66. The molecule has 0 spiro atoms. The summed E-state index contributed by atoms with van der Waals surface area (Å²) in [4.78, 5) is 12.1. The average molecular weight is 385 g/mol. The van der Waals surface area contributed by atoms with E-state index in [-0.39, 0.29) is 18.6 Å². The molecule has 152 valence electrons. The zero-order valence-corrected chi connectivity index (χ0v) is 17.3. The zero-order valence-electron chi connectivity index (χ0n) is 17.3. The molecule has 0 radical (unpaired) electrons. The molecule has 28 heavy (non-hydrogen) atoms. The first-order chi connectivity index (χ1) is 13.4. The molecule has 0 aliphatic heterocycles. The van der Waals surface area contributed by atoms with E-state index in [1.807, 2.05) is 62.4 Å². The summed E-state index contributed by atoms with van der Waals surface area (Å²) < 4.78 is 11.3. The van der Waals surface area contributed by atoms with E-state index in [2.05, 4.69) is 24.5 Å². The summed E-state index contributed by atoms with van der Waals surface area (Å²) in [7, 11) is 0. The third-order valence-electron chi connectivity index (χ3n) is 4.06. The number of rotatable bonds is 11. The molecule has 5 heteroatoms. The predicted molar refractivity (Wildman–Crippen MR) is 114 cm³/mol. The van der Waals surface area contributed by atoms with Crippen molar-refractivity contribution in [2.75, 3.05) is 18.5 Å². The number of nitrogens with one attached hydrogen (secondary N) is 2. The van der Waals surface area contributed by atoms with Gasteiger partial charge in [0.05, 0.1) is 19.3 Å². The fourth-order valence-electron chi connectivity index (χ4n) is 2.49. The summed E-state index contributed by atoms with van der Waals surface area (Å²) in [6.45, 7) is 9.78. The summed E-state index contributed by atoms with van der Waals surface area (Å²) in [5.74, 6) is 2.26.